The molecule has 37 heavy (non-hydrogen) atoms. The van der Waals surface area contributed by atoms with Crippen LogP contribution in [0.3, 0.4) is 0 Å². The van der Waals surface area contributed by atoms with Crippen molar-refractivity contribution in [1.29, 1.82) is 0 Å². The number of methoxy groups -OCH3 is 2. The van der Waals surface area contributed by atoms with Gasteiger partial charge in [0, 0.05) is 23.9 Å². The van der Waals surface area contributed by atoms with Crippen LogP contribution in [0.25, 0.3) is 38.5 Å². The number of aryl methyl sites for hydroxylation is 1. The molecule has 0 aliphatic rings. The molecule has 6 aromatic rings. The molecule has 0 bridgehead atoms. The molecule has 10 heteroatoms. The van der Waals surface area contributed by atoms with Crippen LogP contribution in [0.2, 0.25) is 5.15 Å². The van der Waals surface area contributed by atoms with E-state index in [1.54, 1.807) is 24.9 Å². The van der Waals surface area contributed by atoms with Crippen molar-refractivity contribution in [3.05, 3.63) is 77.2 Å². The first kappa shape index (κ1) is 23.3. The van der Waals surface area contributed by atoms with Crippen molar-refractivity contribution in [3.63, 3.8) is 0 Å². The summed E-state index contributed by atoms with van der Waals surface area (Å²) in [5, 5.41) is 6.21. The van der Waals surface area contributed by atoms with Gasteiger partial charge in [-0.1, -0.05) is 29.8 Å². The average Bonchev–Trinajstić information content (AvgIpc) is 3.62. The minimum absolute atomic E-state index is 0.362. The molecule has 0 spiro atoms. The van der Waals surface area contributed by atoms with Crippen molar-refractivity contribution < 1.29 is 18.6 Å². The zero-order valence-electron chi connectivity index (χ0n) is 20.2. The Hall–Kier alpha value is -4.08. The number of nitrogens with zero attached hydrogens (tertiary/aromatic N) is 4. The first-order chi connectivity index (χ1) is 18.0. The number of aromatic nitrogens is 4. The number of fused-ring (bicyclic) bond motifs is 2. The number of pyridine rings is 1. The number of imidazole rings is 1. The van der Waals surface area contributed by atoms with Gasteiger partial charge in [-0.3, -0.25) is 0 Å². The third-order valence-corrected chi connectivity index (χ3v) is 7.21. The van der Waals surface area contributed by atoms with Crippen LogP contribution in [0.1, 0.15) is 11.1 Å². The van der Waals surface area contributed by atoms with Crippen LogP contribution in [0.15, 0.2) is 65.3 Å². The standard InChI is InChI=1S/C27H21ClN4O4S/c1-15-7-18(12-29-25(15)28)17-6-4-5-16(8-17)14-35-22-9-19(33-2)10-23-20(22)11-24(36-23)21-13-32-26(30-21)37-27(31-32)34-3/h4-13H,14H2,1-3H3. The van der Waals surface area contributed by atoms with Gasteiger partial charge in [-0.2, -0.15) is 0 Å². The highest BCUT2D eigenvalue weighted by Gasteiger charge is 2.17. The topological polar surface area (TPSA) is 83.9 Å². The quantitative estimate of drug-likeness (QED) is 0.208. The molecule has 0 N–H and O–H groups in total. The largest absolute Gasteiger partial charge is 0.496 e. The molecular formula is C27H21ClN4O4S. The van der Waals surface area contributed by atoms with Crippen LogP contribution >= 0.6 is 22.9 Å². The second-order valence-corrected chi connectivity index (χ2v) is 9.67. The van der Waals surface area contributed by atoms with Crippen LogP contribution in [0.5, 0.6) is 16.7 Å². The molecule has 0 fully saturated rings. The highest BCUT2D eigenvalue weighted by molar-refractivity contribution is 7.18. The molecule has 0 radical (unpaired) electrons. The molecular weight excluding hydrogens is 512 g/mol. The Morgan fingerprint density at radius 2 is 1.95 bits per heavy atom. The maximum Gasteiger partial charge on any atom is 0.294 e. The molecule has 4 heterocycles. The number of hydrogen-bond donors (Lipinski definition) is 0. The molecule has 0 amide bonds. The van der Waals surface area contributed by atoms with Gasteiger partial charge in [-0.05, 0) is 53.1 Å². The summed E-state index contributed by atoms with van der Waals surface area (Å²) in [6.07, 6.45) is 3.59. The molecule has 6 rings (SSSR count). The van der Waals surface area contributed by atoms with E-state index in [0.29, 0.717) is 50.5 Å². The molecule has 8 nitrogen and oxygen atoms in total. The number of rotatable bonds is 7. The Labute approximate surface area is 221 Å². The SMILES string of the molecule is COc1cc(OCc2cccc(-c3cnc(Cl)c(C)c3)c2)c2cc(-c3cn4nc(OC)sc4n3)oc2c1. The fraction of sp³-hybridized carbons (Fsp3) is 0.148. The fourth-order valence-corrected chi connectivity index (χ4v) is 4.85. The van der Waals surface area contributed by atoms with E-state index in [2.05, 4.69) is 21.1 Å². The number of benzene rings is 2. The molecule has 0 unspecified atom stereocenters. The lowest BCUT2D eigenvalue weighted by Crippen LogP contribution is -1.97. The van der Waals surface area contributed by atoms with Crippen LogP contribution in [-0.4, -0.2) is 33.8 Å². The van der Waals surface area contributed by atoms with Crippen LogP contribution < -0.4 is 14.2 Å². The lowest BCUT2D eigenvalue weighted by Gasteiger charge is -2.11. The second-order valence-electron chi connectivity index (χ2n) is 8.39. The van der Waals surface area contributed by atoms with Gasteiger partial charge >= 0.3 is 0 Å². The number of halogens is 1. The molecule has 2 aromatic carbocycles. The second kappa shape index (κ2) is 9.42. The number of hydrogen-bond acceptors (Lipinski definition) is 8. The summed E-state index contributed by atoms with van der Waals surface area (Å²) in [6, 6.07) is 15.8. The van der Waals surface area contributed by atoms with Gasteiger partial charge in [-0.15, -0.1) is 5.10 Å². The van der Waals surface area contributed by atoms with Crippen molar-refractivity contribution in [2.24, 2.45) is 0 Å². The predicted molar refractivity (Wildman–Crippen MR) is 143 cm³/mol. The minimum Gasteiger partial charge on any atom is -0.496 e. The zero-order chi connectivity index (χ0) is 25.5. The van der Waals surface area contributed by atoms with Gasteiger partial charge < -0.3 is 18.6 Å². The highest BCUT2D eigenvalue weighted by Crippen LogP contribution is 2.37. The lowest BCUT2D eigenvalue weighted by molar-refractivity contribution is 0.307. The summed E-state index contributed by atoms with van der Waals surface area (Å²) < 4.78 is 24.8. The third-order valence-electron chi connectivity index (χ3n) is 5.93. The highest BCUT2D eigenvalue weighted by atomic mass is 35.5. The van der Waals surface area contributed by atoms with E-state index in [1.807, 2.05) is 55.6 Å². The zero-order valence-corrected chi connectivity index (χ0v) is 21.8. The molecule has 0 aliphatic carbocycles. The normalized spacial score (nSPS) is 11.4. The monoisotopic (exact) mass is 532 g/mol. The summed E-state index contributed by atoms with van der Waals surface area (Å²) in [4.78, 5) is 9.61. The Kier molecular flexibility index (Phi) is 5.94. The summed E-state index contributed by atoms with van der Waals surface area (Å²) in [5.41, 5.74) is 5.30. The average molecular weight is 533 g/mol. The smallest absolute Gasteiger partial charge is 0.294 e. The maximum absolute atomic E-state index is 6.28. The van der Waals surface area contributed by atoms with E-state index in [9.17, 15) is 0 Å². The number of furan rings is 1. The van der Waals surface area contributed by atoms with E-state index >= 15 is 0 Å². The summed E-state index contributed by atoms with van der Waals surface area (Å²) >= 11 is 7.45. The third kappa shape index (κ3) is 4.47. The van der Waals surface area contributed by atoms with Crippen molar-refractivity contribution >= 4 is 38.9 Å². The van der Waals surface area contributed by atoms with Crippen LogP contribution in [0.4, 0.5) is 0 Å². The van der Waals surface area contributed by atoms with E-state index in [-0.39, 0.29) is 0 Å². The first-order valence-electron chi connectivity index (χ1n) is 11.4. The van der Waals surface area contributed by atoms with Gasteiger partial charge in [0.05, 0.1) is 25.8 Å². The van der Waals surface area contributed by atoms with Gasteiger partial charge in [0.2, 0.25) is 4.96 Å². The van der Waals surface area contributed by atoms with E-state index in [1.165, 1.54) is 11.3 Å². The van der Waals surface area contributed by atoms with Gasteiger partial charge in [0.25, 0.3) is 5.19 Å². The van der Waals surface area contributed by atoms with Crippen molar-refractivity contribution in [3.8, 4) is 39.3 Å². The molecule has 4 aromatic heterocycles. The maximum atomic E-state index is 6.28. The molecule has 0 atom stereocenters. The number of ether oxygens (including phenoxy) is 3. The molecule has 0 saturated carbocycles. The minimum atomic E-state index is 0.362. The molecule has 0 aliphatic heterocycles. The van der Waals surface area contributed by atoms with E-state index < -0.39 is 0 Å². The predicted octanol–water partition coefficient (Wildman–Crippen LogP) is 6.82. The lowest BCUT2D eigenvalue weighted by atomic mass is 10.0. The van der Waals surface area contributed by atoms with Crippen LogP contribution in [0, 0.1) is 6.92 Å². The summed E-state index contributed by atoms with van der Waals surface area (Å²) in [7, 11) is 3.20. The van der Waals surface area contributed by atoms with E-state index in [4.69, 9.17) is 30.2 Å². The Balaban J connectivity index is 1.30. The van der Waals surface area contributed by atoms with Crippen LogP contribution in [-0.2, 0) is 6.61 Å². The van der Waals surface area contributed by atoms with Crippen molar-refractivity contribution in [2.45, 2.75) is 13.5 Å². The van der Waals surface area contributed by atoms with Gasteiger partial charge in [-0.25, -0.2) is 14.5 Å². The first-order valence-corrected chi connectivity index (χ1v) is 12.6. The summed E-state index contributed by atoms with van der Waals surface area (Å²) in [5.74, 6) is 1.90. The Morgan fingerprint density at radius 3 is 2.73 bits per heavy atom. The summed E-state index contributed by atoms with van der Waals surface area (Å²) in [6.45, 7) is 2.31. The van der Waals surface area contributed by atoms with Gasteiger partial charge in [0.1, 0.15) is 34.5 Å². The molecule has 0 saturated heterocycles. The Morgan fingerprint density at radius 1 is 1.05 bits per heavy atom. The molecule has 186 valence electrons. The van der Waals surface area contributed by atoms with E-state index in [0.717, 1.165) is 27.6 Å². The van der Waals surface area contributed by atoms with Gasteiger partial charge in [0.15, 0.2) is 5.76 Å². The van der Waals surface area contributed by atoms with Crippen molar-refractivity contribution in [1.82, 2.24) is 19.6 Å². The van der Waals surface area contributed by atoms with Crippen molar-refractivity contribution in [2.75, 3.05) is 14.2 Å². The Bertz CT molecular complexity index is 1730. The fourth-order valence-electron chi connectivity index (χ4n) is 4.05.